The molecule has 1 rings (SSSR count). The second-order valence-corrected chi connectivity index (χ2v) is 5.13. The number of benzene rings is 1. The first-order valence-electron chi connectivity index (χ1n) is 7.35. The van der Waals surface area contributed by atoms with Crippen LogP contribution in [0.4, 0.5) is 9.18 Å². The lowest BCUT2D eigenvalue weighted by Crippen LogP contribution is -2.49. The van der Waals surface area contributed by atoms with E-state index in [1.54, 1.807) is 18.2 Å². The van der Waals surface area contributed by atoms with Crippen LogP contribution in [0.25, 0.3) is 0 Å². The van der Waals surface area contributed by atoms with Gasteiger partial charge in [-0.3, -0.25) is 0 Å². The fourth-order valence-corrected chi connectivity index (χ4v) is 2.00. The summed E-state index contributed by atoms with van der Waals surface area (Å²) in [5, 5.41) is 5.22. The largest absolute Gasteiger partial charge is 0.467 e. The van der Waals surface area contributed by atoms with Crippen LogP contribution in [0.15, 0.2) is 24.3 Å². The third kappa shape index (κ3) is 5.35. The van der Waals surface area contributed by atoms with Crippen LogP contribution >= 0.6 is 0 Å². The molecule has 0 aliphatic carbocycles. The summed E-state index contributed by atoms with van der Waals surface area (Å²) in [6, 6.07) is 5.26. The van der Waals surface area contributed by atoms with Gasteiger partial charge in [0.2, 0.25) is 0 Å². The molecule has 0 aliphatic rings. The molecular weight excluding hydrogens is 287 g/mol. The van der Waals surface area contributed by atoms with Crippen molar-refractivity contribution in [2.75, 3.05) is 13.7 Å². The molecule has 0 spiro atoms. The zero-order chi connectivity index (χ0) is 16.5. The summed E-state index contributed by atoms with van der Waals surface area (Å²) in [5.41, 5.74) is 0.536. The summed E-state index contributed by atoms with van der Waals surface area (Å²) in [7, 11) is 1.29. The Hall–Kier alpha value is -2.11. The fourth-order valence-electron chi connectivity index (χ4n) is 2.00. The van der Waals surface area contributed by atoms with Gasteiger partial charge in [-0.2, -0.15) is 0 Å². The summed E-state index contributed by atoms with van der Waals surface area (Å²) in [6.45, 7) is 4.07. The predicted octanol–water partition coefficient (Wildman–Crippen LogP) is 2.26. The number of carbonyl (C=O) groups is 2. The van der Waals surface area contributed by atoms with Crippen molar-refractivity contribution in [3.63, 3.8) is 0 Å². The Kier molecular flexibility index (Phi) is 7.36. The second-order valence-electron chi connectivity index (χ2n) is 5.13. The van der Waals surface area contributed by atoms with E-state index >= 15 is 0 Å². The van der Waals surface area contributed by atoms with Crippen LogP contribution in [-0.2, 0) is 16.0 Å². The summed E-state index contributed by atoms with van der Waals surface area (Å²) < 4.78 is 18.1. The Labute approximate surface area is 130 Å². The van der Waals surface area contributed by atoms with Crippen LogP contribution < -0.4 is 10.6 Å². The van der Waals surface area contributed by atoms with Gasteiger partial charge in [-0.05, 0) is 24.0 Å². The number of nitrogens with one attached hydrogen (secondary N) is 2. The standard InChI is InChI=1S/C16H23FN2O3/c1-4-11(2)14(15(20)22-3)19-16(21)18-10-9-12-7-5-6-8-13(12)17/h5-8,11,14H,4,9-10H2,1-3H3,(H2,18,19,21)/t11-,14-/m0/s1. The first-order valence-corrected chi connectivity index (χ1v) is 7.35. The van der Waals surface area contributed by atoms with Gasteiger partial charge in [-0.1, -0.05) is 38.5 Å². The van der Waals surface area contributed by atoms with Gasteiger partial charge in [-0.25, -0.2) is 14.0 Å². The molecule has 1 aromatic rings. The van der Waals surface area contributed by atoms with Crippen LogP contribution in [0.2, 0.25) is 0 Å². The number of amides is 2. The van der Waals surface area contributed by atoms with Crippen molar-refractivity contribution in [2.45, 2.75) is 32.7 Å². The van der Waals surface area contributed by atoms with E-state index in [2.05, 4.69) is 10.6 Å². The van der Waals surface area contributed by atoms with Crippen molar-refractivity contribution in [3.8, 4) is 0 Å². The van der Waals surface area contributed by atoms with Crippen LogP contribution in [0.5, 0.6) is 0 Å². The maximum absolute atomic E-state index is 13.4. The lowest BCUT2D eigenvalue weighted by molar-refractivity contribution is -0.144. The molecule has 2 N–H and O–H groups in total. The number of ether oxygens (including phenoxy) is 1. The topological polar surface area (TPSA) is 67.4 Å². The molecule has 122 valence electrons. The number of methoxy groups -OCH3 is 1. The SMILES string of the molecule is CC[C@H](C)[C@H](NC(=O)NCCc1ccccc1F)C(=O)OC. The van der Waals surface area contributed by atoms with Gasteiger partial charge in [0.25, 0.3) is 0 Å². The molecule has 0 saturated heterocycles. The van der Waals surface area contributed by atoms with E-state index in [1.165, 1.54) is 13.2 Å². The van der Waals surface area contributed by atoms with Gasteiger partial charge in [0.15, 0.2) is 0 Å². The van der Waals surface area contributed by atoms with Gasteiger partial charge in [0.05, 0.1) is 7.11 Å². The molecule has 5 nitrogen and oxygen atoms in total. The molecule has 1 aromatic carbocycles. The number of halogens is 1. The van der Waals surface area contributed by atoms with E-state index in [4.69, 9.17) is 4.74 Å². The predicted molar refractivity (Wildman–Crippen MR) is 81.9 cm³/mol. The number of urea groups is 1. The summed E-state index contributed by atoms with van der Waals surface area (Å²) in [5.74, 6) is -0.805. The fraction of sp³-hybridized carbons (Fsp3) is 0.500. The number of carbonyl (C=O) groups excluding carboxylic acids is 2. The molecule has 6 heteroatoms. The minimum Gasteiger partial charge on any atom is -0.467 e. The Morgan fingerprint density at radius 3 is 2.59 bits per heavy atom. The Morgan fingerprint density at radius 1 is 1.32 bits per heavy atom. The van der Waals surface area contributed by atoms with Gasteiger partial charge in [-0.15, -0.1) is 0 Å². The average molecular weight is 310 g/mol. The van der Waals surface area contributed by atoms with E-state index in [-0.39, 0.29) is 18.3 Å². The molecule has 0 saturated carbocycles. The van der Waals surface area contributed by atoms with Gasteiger partial charge in [0, 0.05) is 6.54 Å². The maximum Gasteiger partial charge on any atom is 0.328 e. The number of rotatable bonds is 7. The molecule has 0 bridgehead atoms. The first-order chi connectivity index (χ1) is 10.5. The molecule has 0 aromatic heterocycles. The highest BCUT2D eigenvalue weighted by atomic mass is 19.1. The number of esters is 1. The molecular formula is C16H23FN2O3. The summed E-state index contributed by atoms with van der Waals surface area (Å²) in [6.07, 6.45) is 1.11. The lowest BCUT2D eigenvalue weighted by Gasteiger charge is -2.22. The van der Waals surface area contributed by atoms with Crippen LogP contribution in [0.3, 0.4) is 0 Å². The highest BCUT2D eigenvalue weighted by molar-refractivity contribution is 5.83. The minimum atomic E-state index is -0.691. The van der Waals surface area contributed by atoms with Gasteiger partial charge in [0.1, 0.15) is 11.9 Å². The van der Waals surface area contributed by atoms with E-state index in [0.717, 1.165) is 6.42 Å². The lowest BCUT2D eigenvalue weighted by atomic mass is 9.99. The number of hydrogen-bond donors (Lipinski definition) is 2. The zero-order valence-corrected chi connectivity index (χ0v) is 13.2. The molecule has 2 atom stereocenters. The molecule has 0 aliphatic heterocycles. The molecule has 0 radical (unpaired) electrons. The smallest absolute Gasteiger partial charge is 0.328 e. The quantitative estimate of drug-likeness (QED) is 0.759. The van der Waals surface area contributed by atoms with Gasteiger partial charge < -0.3 is 15.4 Å². The third-order valence-electron chi connectivity index (χ3n) is 3.59. The van der Waals surface area contributed by atoms with Crippen LogP contribution in [0.1, 0.15) is 25.8 Å². The maximum atomic E-state index is 13.4. The molecule has 0 unspecified atom stereocenters. The number of hydrogen-bond acceptors (Lipinski definition) is 3. The van der Waals surface area contributed by atoms with Crippen molar-refractivity contribution < 1.29 is 18.7 Å². The molecule has 0 fully saturated rings. The van der Waals surface area contributed by atoms with Crippen molar-refractivity contribution >= 4 is 12.0 Å². The Bertz CT molecular complexity index is 508. The van der Waals surface area contributed by atoms with Crippen molar-refractivity contribution in [1.29, 1.82) is 0 Å². The van der Waals surface area contributed by atoms with Gasteiger partial charge >= 0.3 is 12.0 Å². The molecule has 22 heavy (non-hydrogen) atoms. The normalized spacial score (nSPS) is 13.1. The highest BCUT2D eigenvalue weighted by Gasteiger charge is 2.26. The van der Waals surface area contributed by atoms with E-state index in [0.29, 0.717) is 12.0 Å². The molecule has 0 heterocycles. The van der Waals surface area contributed by atoms with E-state index in [9.17, 15) is 14.0 Å². The monoisotopic (exact) mass is 310 g/mol. The average Bonchev–Trinajstić information content (AvgIpc) is 2.53. The zero-order valence-electron chi connectivity index (χ0n) is 13.2. The Balaban J connectivity index is 2.47. The third-order valence-corrected chi connectivity index (χ3v) is 3.59. The first kappa shape index (κ1) is 17.9. The van der Waals surface area contributed by atoms with Crippen molar-refractivity contribution in [2.24, 2.45) is 5.92 Å². The summed E-state index contributed by atoms with van der Waals surface area (Å²) >= 11 is 0. The van der Waals surface area contributed by atoms with Crippen LogP contribution in [-0.4, -0.2) is 31.7 Å². The second kappa shape index (κ2) is 9.02. The molecule has 2 amide bonds. The van der Waals surface area contributed by atoms with Crippen LogP contribution in [0, 0.1) is 11.7 Å². The van der Waals surface area contributed by atoms with E-state index < -0.39 is 18.0 Å². The van der Waals surface area contributed by atoms with E-state index in [1.807, 2.05) is 13.8 Å². The van der Waals surface area contributed by atoms with Crippen molar-refractivity contribution in [3.05, 3.63) is 35.6 Å². The Morgan fingerprint density at radius 2 is 2.00 bits per heavy atom. The highest BCUT2D eigenvalue weighted by Crippen LogP contribution is 2.09. The minimum absolute atomic E-state index is 0.0373. The summed E-state index contributed by atoms with van der Waals surface area (Å²) in [4.78, 5) is 23.5. The van der Waals surface area contributed by atoms with Crippen molar-refractivity contribution in [1.82, 2.24) is 10.6 Å².